The second-order valence-corrected chi connectivity index (χ2v) is 5.13. The minimum Gasteiger partial charge on any atom is -0.545 e. The van der Waals surface area contributed by atoms with Crippen LogP contribution >= 0.6 is 11.3 Å². The third kappa shape index (κ3) is 3.06. The first-order valence-electron chi connectivity index (χ1n) is 6.17. The van der Waals surface area contributed by atoms with Crippen LogP contribution in [0.5, 0.6) is 0 Å². The molecule has 3 aromatic rings. The summed E-state index contributed by atoms with van der Waals surface area (Å²) in [5.74, 6) is -1.20. The van der Waals surface area contributed by atoms with Crippen molar-refractivity contribution in [2.75, 3.05) is 5.32 Å². The van der Waals surface area contributed by atoms with Crippen molar-refractivity contribution in [2.45, 2.75) is 0 Å². The molecule has 0 unspecified atom stereocenters. The average molecular weight is 296 g/mol. The standard InChI is InChI=1S/C15H11N3O2S/c19-14(20)10-3-1-5-12(7-10)17-15-18-13(9-21-15)11-4-2-6-16-8-11/h1-9H,(H,17,18)(H,19,20)/p-1. The Morgan fingerprint density at radius 3 is 2.90 bits per heavy atom. The van der Waals surface area contributed by atoms with Crippen molar-refractivity contribution in [1.29, 1.82) is 0 Å². The molecule has 1 aromatic carbocycles. The van der Waals surface area contributed by atoms with Gasteiger partial charge in [0.1, 0.15) is 0 Å². The number of aromatic carboxylic acids is 1. The topological polar surface area (TPSA) is 77.9 Å². The van der Waals surface area contributed by atoms with Crippen LogP contribution in [0.25, 0.3) is 11.3 Å². The molecule has 0 saturated heterocycles. The number of benzene rings is 1. The minimum absolute atomic E-state index is 0.129. The highest BCUT2D eigenvalue weighted by atomic mass is 32.1. The molecule has 0 radical (unpaired) electrons. The van der Waals surface area contributed by atoms with Crippen molar-refractivity contribution in [3.8, 4) is 11.3 Å². The number of pyridine rings is 1. The van der Waals surface area contributed by atoms with Crippen molar-refractivity contribution in [3.05, 3.63) is 59.7 Å². The fourth-order valence-electron chi connectivity index (χ4n) is 1.83. The lowest BCUT2D eigenvalue weighted by Gasteiger charge is -2.06. The van der Waals surface area contributed by atoms with Crippen LogP contribution in [0, 0.1) is 0 Å². The molecular weight excluding hydrogens is 286 g/mol. The lowest BCUT2D eigenvalue weighted by Crippen LogP contribution is -2.22. The Kier molecular flexibility index (Phi) is 3.61. The number of carbonyl (C=O) groups is 1. The summed E-state index contributed by atoms with van der Waals surface area (Å²) in [5, 5.41) is 16.5. The molecule has 0 fully saturated rings. The SMILES string of the molecule is O=C([O-])c1cccc(Nc2nc(-c3cccnc3)cs2)c1. The number of anilines is 2. The largest absolute Gasteiger partial charge is 0.545 e. The van der Waals surface area contributed by atoms with Gasteiger partial charge in [-0.05, 0) is 29.8 Å². The Morgan fingerprint density at radius 2 is 2.14 bits per heavy atom. The molecule has 0 saturated carbocycles. The summed E-state index contributed by atoms with van der Waals surface area (Å²) in [4.78, 5) is 19.3. The lowest BCUT2D eigenvalue weighted by atomic mass is 10.2. The van der Waals surface area contributed by atoms with E-state index in [2.05, 4.69) is 15.3 Å². The Bertz CT molecular complexity index is 771. The van der Waals surface area contributed by atoms with Crippen LogP contribution in [-0.2, 0) is 0 Å². The zero-order valence-electron chi connectivity index (χ0n) is 10.8. The molecule has 0 atom stereocenters. The number of hydrogen-bond acceptors (Lipinski definition) is 6. The molecule has 2 aromatic heterocycles. The summed E-state index contributed by atoms with van der Waals surface area (Å²) in [7, 11) is 0. The van der Waals surface area contributed by atoms with Gasteiger partial charge in [0.2, 0.25) is 0 Å². The fraction of sp³-hybridized carbons (Fsp3) is 0. The maximum Gasteiger partial charge on any atom is 0.187 e. The number of nitrogens with zero attached hydrogens (tertiary/aromatic N) is 2. The zero-order valence-corrected chi connectivity index (χ0v) is 11.6. The van der Waals surface area contributed by atoms with Gasteiger partial charge >= 0.3 is 0 Å². The van der Waals surface area contributed by atoms with E-state index in [1.54, 1.807) is 24.5 Å². The molecule has 0 spiro atoms. The number of hydrogen-bond donors (Lipinski definition) is 1. The molecule has 21 heavy (non-hydrogen) atoms. The van der Waals surface area contributed by atoms with Gasteiger partial charge in [-0.3, -0.25) is 4.98 Å². The van der Waals surface area contributed by atoms with E-state index in [0.29, 0.717) is 10.8 Å². The van der Waals surface area contributed by atoms with Crippen LogP contribution in [0.3, 0.4) is 0 Å². The fourth-order valence-corrected chi connectivity index (χ4v) is 2.57. The van der Waals surface area contributed by atoms with Gasteiger partial charge in [-0.25, -0.2) is 4.98 Å². The number of nitrogens with one attached hydrogen (secondary N) is 1. The third-order valence-electron chi connectivity index (χ3n) is 2.81. The van der Waals surface area contributed by atoms with Gasteiger partial charge in [0, 0.05) is 29.0 Å². The summed E-state index contributed by atoms with van der Waals surface area (Å²) in [6, 6.07) is 10.2. The van der Waals surface area contributed by atoms with E-state index in [1.807, 2.05) is 17.5 Å². The highest BCUT2D eigenvalue weighted by molar-refractivity contribution is 7.14. The van der Waals surface area contributed by atoms with Crippen LogP contribution in [0.4, 0.5) is 10.8 Å². The number of thiazole rings is 1. The van der Waals surface area contributed by atoms with Gasteiger partial charge in [0.25, 0.3) is 0 Å². The molecular formula is C15H10N3O2S-. The van der Waals surface area contributed by atoms with E-state index in [0.717, 1.165) is 11.3 Å². The van der Waals surface area contributed by atoms with Gasteiger partial charge in [0.15, 0.2) is 5.13 Å². The van der Waals surface area contributed by atoms with E-state index in [-0.39, 0.29) is 5.56 Å². The molecule has 1 N–H and O–H groups in total. The number of carboxylic acids is 1. The summed E-state index contributed by atoms with van der Waals surface area (Å²) in [6.45, 7) is 0. The van der Waals surface area contributed by atoms with Crippen LogP contribution in [0.15, 0.2) is 54.2 Å². The van der Waals surface area contributed by atoms with Gasteiger partial charge in [-0.1, -0.05) is 12.1 Å². The first kappa shape index (κ1) is 13.3. The predicted octanol–water partition coefficient (Wildman–Crippen LogP) is 2.31. The van der Waals surface area contributed by atoms with Crippen LogP contribution in [0.2, 0.25) is 0 Å². The molecule has 0 bridgehead atoms. The summed E-state index contributed by atoms with van der Waals surface area (Å²) in [5.41, 5.74) is 2.55. The van der Waals surface area contributed by atoms with E-state index in [1.165, 1.54) is 23.5 Å². The van der Waals surface area contributed by atoms with E-state index in [4.69, 9.17) is 0 Å². The van der Waals surface area contributed by atoms with Crippen LogP contribution < -0.4 is 10.4 Å². The highest BCUT2D eigenvalue weighted by Gasteiger charge is 2.05. The van der Waals surface area contributed by atoms with Crippen molar-refractivity contribution < 1.29 is 9.90 Å². The van der Waals surface area contributed by atoms with Crippen LogP contribution in [0.1, 0.15) is 10.4 Å². The Labute approximate surface area is 124 Å². The summed E-state index contributed by atoms with van der Waals surface area (Å²) in [6.07, 6.45) is 3.45. The number of rotatable bonds is 4. The second-order valence-electron chi connectivity index (χ2n) is 4.27. The molecule has 6 heteroatoms. The molecule has 0 aliphatic heterocycles. The maximum absolute atomic E-state index is 10.8. The first-order valence-corrected chi connectivity index (χ1v) is 7.05. The molecule has 5 nitrogen and oxygen atoms in total. The van der Waals surface area contributed by atoms with Crippen molar-refractivity contribution in [3.63, 3.8) is 0 Å². The van der Waals surface area contributed by atoms with Crippen molar-refractivity contribution >= 4 is 28.1 Å². The van der Waals surface area contributed by atoms with Gasteiger partial charge < -0.3 is 15.2 Å². The summed E-state index contributed by atoms with van der Waals surface area (Å²) < 4.78 is 0. The van der Waals surface area contributed by atoms with Crippen molar-refractivity contribution in [2.24, 2.45) is 0 Å². The summed E-state index contributed by atoms with van der Waals surface area (Å²) >= 11 is 1.44. The molecule has 104 valence electrons. The Balaban J connectivity index is 1.82. The molecule has 0 amide bonds. The molecule has 0 aliphatic carbocycles. The Hall–Kier alpha value is -2.73. The van der Waals surface area contributed by atoms with Gasteiger partial charge in [0.05, 0.1) is 11.7 Å². The maximum atomic E-state index is 10.8. The van der Waals surface area contributed by atoms with Gasteiger partial charge in [-0.15, -0.1) is 11.3 Å². The number of carboxylic acid groups (broad SMARTS) is 1. The smallest absolute Gasteiger partial charge is 0.187 e. The third-order valence-corrected chi connectivity index (χ3v) is 3.57. The minimum atomic E-state index is -1.20. The monoisotopic (exact) mass is 296 g/mol. The van der Waals surface area contributed by atoms with Crippen molar-refractivity contribution in [1.82, 2.24) is 9.97 Å². The quantitative estimate of drug-likeness (QED) is 0.799. The molecule has 2 heterocycles. The highest BCUT2D eigenvalue weighted by Crippen LogP contribution is 2.26. The number of aromatic nitrogens is 2. The molecule has 3 rings (SSSR count). The first-order chi connectivity index (χ1) is 10.2. The molecule has 0 aliphatic rings. The predicted molar refractivity (Wildman–Crippen MR) is 79.4 cm³/mol. The number of carbonyl (C=O) groups excluding carboxylic acids is 1. The second kappa shape index (κ2) is 5.72. The average Bonchev–Trinajstić information content (AvgIpc) is 2.97. The zero-order chi connectivity index (χ0) is 14.7. The lowest BCUT2D eigenvalue weighted by molar-refractivity contribution is -0.255. The van der Waals surface area contributed by atoms with E-state index >= 15 is 0 Å². The Morgan fingerprint density at radius 1 is 1.24 bits per heavy atom. The van der Waals surface area contributed by atoms with E-state index in [9.17, 15) is 9.90 Å². The van der Waals surface area contributed by atoms with Crippen LogP contribution in [-0.4, -0.2) is 15.9 Å². The van der Waals surface area contributed by atoms with Gasteiger partial charge in [-0.2, -0.15) is 0 Å². The normalized spacial score (nSPS) is 10.3. The van der Waals surface area contributed by atoms with E-state index < -0.39 is 5.97 Å².